The van der Waals surface area contributed by atoms with Gasteiger partial charge < -0.3 is 15.4 Å². The molecule has 0 saturated heterocycles. The Labute approximate surface area is 104 Å². The Balaban J connectivity index is 2.27. The van der Waals surface area contributed by atoms with Crippen LogP contribution in [0.15, 0.2) is 0 Å². The molecule has 0 spiro atoms. The third-order valence-corrected chi connectivity index (χ3v) is 3.08. The molecule has 17 heavy (non-hydrogen) atoms. The second kappa shape index (κ2) is 5.25. The maximum Gasteiger partial charge on any atom is 0.407 e. The first-order valence-electron chi connectivity index (χ1n) is 6.44. The Morgan fingerprint density at radius 3 is 2.24 bits per heavy atom. The zero-order valence-corrected chi connectivity index (χ0v) is 11.8. The van der Waals surface area contributed by atoms with E-state index < -0.39 is 5.60 Å². The van der Waals surface area contributed by atoms with Gasteiger partial charge in [0.2, 0.25) is 0 Å². The van der Waals surface area contributed by atoms with Gasteiger partial charge in [-0.2, -0.15) is 0 Å². The summed E-state index contributed by atoms with van der Waals surface area (Å²) in [6.07, 6.45) is 0.895. The maximum absolute atomic E-state index is 11.6. The van der Waals surface area contributed by atoms with Crippen molar-refractivity contribution in [3.63, 3.8) is 0 Å². The van der Waals surface area contributed by atoms with Crippen molar-refractivity contribution in [3.05, 3.63) is 0 Å². The van der Waals surface area contributed by atoms with Crippen molar-refractivity contribution in [2.75, 3.05) is 0 Å². The fraction of sp³-hybridized carbons (Fsp3) is 0.923. The Kier molecular flexibility index (Phi) is 4.42. The number of ether oxygens (including phenoxy) is 1. The van der Waals surface area contributed by atoms with Gasteiger partial charge in [0, 0.05) is 18.1 Å². The monoisotopic (exact) mass is 242 g/mol. The molecule has 0 aromatic rings. The molecule has 0 aromatic carbocycles. The second-order valence-corrected chi connectivity index (χ2v) is 6.21. The summed E-state index contributed by atoms with van der Waals surface area (Å²) >= 11 is 0. The highest BCUT2D eigenvalue weighted by Gasteiger charge is 2.34. The molecular formula is C13H26N2O2. The van der Waals surface area contributed by atoms with E-state index in [4.69, 9.17) is 4.74 Å². The predicted octanol–water partition coefficient (Wildman–Crippen LogP) is 2.29. The molecule has 2 N–H and O–H groups in total. The molecule has 1 amide bonds. The minimum Gasteiger partial charge on any atom is -0.444 e. The first-order chi connectivity index (χ1) is 7.69. The van der Waals surface area contributed by atoms with Crippen LogP contribution in [0.5, 0.6) is 0 Å². The minimum atomic E-state index is -0.439. The first kappa shape index (κ1) is 14.3. The maximum atomic E-state index is 11.6. The van der Waals surface area contributed by atoms with E-state index in [-0.39, 0.29) is 18.2 Å². The van der Waals surface area contributed by atoms with Crippen LogP contribution in [0, 0.1) is 5.92 Å². The van der Waals surface area contributed by atoms with Crippen LogP contribution in [0.3, 0.4) is 0 Å². The minimum absolute atomic E-state index is 0.0673. The van der Waals surface area contributed by atoms with E-state index in [1.54, 1.807) is 0 Å². The lowest BCUT2D eigenvalue weighted by Gasteiger charge is -2.25. The third-order valence-electron chi connectivity index (χ3n) is 3.08. The van der Waals surface area contributed by atoms with Crippen LogP contribution in [0.25, 0.3) is 0 Å². The van der Waals surface area contributed by atoms with Gasteiger partial charge >= 0.3 is 6.09 Å². The molecule has 0 radical (unpaired) electrons. The Morgan fingerprint density at radius 1 is 1.29 bits per heavy atom. The molecule has 4 atom stereocenters. The summed E-state index contributed by atoms with van der Waals surface area (Å²) in [5.74, 6) is 0.770. The second-order valence-electron chi connectivity index (χ2n) is 6.21. The number of hydrogen-bond donors (Lipinski definition) is 2. The molecule has 0 aliphatic heterocycles. The van der Waals surface area contributed by atoms with Crippen molar-refractivity contribution in [3.8, 4) is 0 Å². The Hall–Kier alpha value is -0.770. The van der Waals surface area contributed by atoms with Crippen molar-refractivity contribution in [1.29, 1.82) is 0 Å². The van der Waals surface area contributed by atoms with Gasteiger partial charge in [-0.1, -0.05) is 6.92 Å². The van der Waals surface area contributed by atoms with E-state index >= 15 is 0 Å². The standard InChI is InChI=1S/C13H26N2O2/c1-8-7-11(8)14-9(2)10(3)15-12(16)17-13(4,5)6/h8-11,14H,7H2,1-6H3,(H,15,16). The number of carbonyl (C=O) groups is 1. The molecule has 1 rings (SSSR count). The molecule has 0 bridgehead atoms. The summed E-state index contributed by atoms with van der Waals surface area (Å²) in [5.41, 5.74) is -0.439. The largest absolute Gasteiger partial charge is 0.444 e. The summed E-state index contributed by atoms with van der Waals surface area (Å²) in [4.78, 5) is 11.6. The zero-order valence-electron chi connectivity index (χ0n) is 11.8. The van der Waals surface area contributed by atoms with Crippen molar-refractivity contribution in [1.82, 2.24) is 10.6 Å². The molecule has 4 heteroatoms. The molecular weight excluding hydrogens is 216 g/mol. The SMILES string of the molecule is CC1CC1NC(C)C(C)NC(=O)OC(C)(C)C. The Bertz CT molecular complexity index is 273. The number of amides is 1. The highest BCUT2D eigenvalue weighted by molar-refractivity contribution is 5.68. The van der Waals surface area contributed by atoms with Crippen LogP contribution in [-0.4, -0.2) is 29.8 Å². The summed E-state index contributed by atoms with van der Waals surface area (Å²) in [7, 11) is 0. The van der Waals surface area contributed by atoms with E-state index in [0.29, 0.717) is 6.04 Å². The van der Waals surface area contributed by atoms with E-state index in [0.717, 1.165) is 5.92 Å². The predicted molar refractivity (Wildman–Crippen MR) is 69.0 cm³/mol. The molecule has 100 valence electrons. The van der Waals surface area contributed by atoms with Crippen molar-refractivity contribution in [2.24, 2.45) is 5.92 Å². The molecule has 1 aliphatic carbocycles. The average molecular weight is 242 g/mol. The van der Waals surface area contributed by atoms with Gasteiger partial charge in [0.15, 0.2) is 0 Å². The van der Waals surface area contributed by atoms with Gasteiger partial charge in [-0.05, 0) is 47.0 Å². The van der Waals surface area contributed by atoms with Gasteiger partial charge in [0.1, 0.15) is 5.60 Å². The summed E-state index contributed by atoms with van der Waals surface area (Å²) in [6.45, 7) is 11.9. The van der Waals surface area contributed by atoms with Crippen molar-refractivity contribution in [2.45, 2.75) is 71.7 Å². The molecule has 0 aromatic heterocycles. The number of rotatable bonds is 4. The fourth-order valence-electron chi connectivity index (χ4n) is 1.65. The molecule has 1 aliphatic rings. The Morgan fingerprint density at radius 2 is 1.82 bits per heavy atom. The van der Waals surface area contributed by atoms with E-state index in [2.05, 4.69) is 24.5 Å². The lowest BCUT2D eigenvalue weighted by molar-refractivity contribution is 0.0499. The number of nitrogens with one attached hydrogen (secondary N) is 2. The van der Waals surface area contributed by atoms with Crippen molar-refractivity contribution < 1.29 is 9.53 Å². The number of carbonyl (C=O) groups excluding carboxylic acids is 1. The highest BCUT2D eigenvalue weighted by Crippen LogP contribution is 2.29. The van der Waals surface area contributed by atoms with Crippen molar-refractivity contribution >= 4 is 6.09 Å². The topological polar surface area (TPSA) is 50.4 Å². The highest BCUT2D eigenvalue weighted by atomic mass is 16.6. The third kappa shape index (κ3) is 5.39. The van der Waals surface area contributed by atoms with E-state index in [9.17, 15) is 4.79 Å². The van der Waals surface area contributed by atoms with Crippen LogP contribution in [-0.2, 0) is 4.74 Å². The normalized spacial score (nSPS) is 27.2. The van der Waals surface area contributed by atoms with Crippen LogP contribution in [0.2, 0.25) is 0 Å². The smallest absolute Gasteiger partial charge is 0.407 e. The van der Waals surface area contributed by atoms with Gasteiger partial charge in [0.05, 0.1) is 0 Å². The molecule has 4 nitrogen and oxygen atoms in total. The van der Waals surface area contributed by atoms with E-state index in [1.165, 1.54) is 6.42 Å². The number of hydrogen-bond acceptors (Lipinski definition) is 3. The fourth-order valence-corrected chi connectivity index (χ4v) is 1.65. The number of alkyl carbamates (subject to hydrolysis) is 1. The first-order valence-corrected chi connectivity index (χ1v) is 6.44. The molecule has 0 heterocycles. The lowest BCUT2D eigenvalue weighted by atomic mass is 10.1. The molecule has 1 fully saturated rings. The average Bonchev–Trinajstić information content (AvgIpc) is 2.77. The van der Waals surface area contributed by atoms with Gasteiger partial charge in [-0.3, -0.25) is 0 Å². The summed E-state index contributed by atoms with van der Waals surface area (Å²) in [5, 5.41) is 6.36. The quantitative estimate of drug-likeness (QED) is 0.795. The van der Waals surface area contributed by atoms with Gasteiger partial charge in [-0.25, -0.2) is 4.79 Å². The molecule has 1 saturated carbocycles. The summed E-state index contributed by atoms with van der Waals surface area (Å²) < 4.78 is 5.22. The molecule has 4 unspecified atom stereocenters. The summed E-state index contributed by atoms with van der Waals surface area (Å²) in [6, 6.07) is 0.947. The van der Waals surface area contributed by atoms with Gasteiger partial charge in [0.25, 0.3) is 0 Å². The zero-order chi connectivity index (χ0) is 13.2. The van der Waals surface area contributed by atoms with Gasteiger partial charge in [-0.15, -0.1) is 0 Å². The van der Waals surface area contributed by atoms with Crippen LogP contribution in [0.1, 0.15) is 48.0 Å². The lowest BCUT2D eigenvalue weighted by Crippen LogP contribution is -2.48. The van der Waals surface area contributed by atoms with Crippen LogP contribution < -0.4 is 10.6 Å². The van der Waals surface area contributed by atoms with Crippen LogP contribution in [0.4, 0.5) is 4.79 Å². The van der Waals surface area contributed by atoms with E-state index in [1.807, 2.05) is 27.7 Å². The van der Waals surface area contributed by atoms with Crippen LogP contribution >= 0.6 is 0 Å².